The molecule has 0 atom stereocenters. The van der Waals surface area contributed by atoms with Crippen molar-refractivity contribution in [2.24, 2.45) is 5.73 Å². The summed E-state index contributed by atoms with van der Waals surface area (Å²) in [5.41, 5.74) is 8.72. The summed E-state index contributed by atoms with van der Waals surface area (Å²) in [5.74, 6) is 1.22. The summed E-state index contributed by atoms with van der Waals surface area (Å²) >= 11 is 5.06. The molecule has 0 fully saturated rings. The molecule has 20 heavy (non-hydrogen) atoms. The van der Waals surface area contributed by atoms with Crippen LogP contribution in [0.3, 0.4) is 0 Å². The number of benzene rings is 2. The molecular formula is C16H17NO2S. The molecule has 0 spiro atoms. The summed E-state index contributed by atoms with van der Waals surface area (Å²) in [5, 5.41) is 0. The molecule has 2 aromatic carbocycles. The second-order valence-corrected chi connectivity index (χ2v) is 4.86. The molecule has 0 saturated heterocycles. The van der Waals surface area contributed by atoms with Crippen molar-refractivity contribution in [3.8, 4) is 11.5 Å². The highest BCUT2D eigenvalue weighted by Crippen LogP contribution is 2.31. The van der Waals surface area contributed by atoms with Crippen LogP contribution in [0.1, 0.15) is 16.7 Å². The van der Waals surface area contributed by atoms with Crippen LogP contribution < -0.4 is 15.2 Å². The number of nitrogens with two attached hydrogens (primary N) is 1. The Morgan fingerprint density at radius 3 is 2.55 bits per heavy atom. The molecule has 0 aliphatic carbocycles. The molecule has 0 saturated carbocycles. The Labute approximate surface area is 124 Å². The van der Waals surface area contributed by atoms with Crippen LogP contribution >= 0.6 is 12.2 Å². The fourth-order valence-corrected chi connectivity index (χ4v) is 2.10. The Kier molecular flexibility index (Phi) is 4.58. The summed E-state index contributed by atoms with van der Waals surface area (Å²) in [4.78, 5) is 0.295. The Hall–Kier alpha value is -2.07. The molecule has 0 amide bonds. The van der Waals surface area contributed by atoms with Gasteiger partial charge in [-0.15, -0.1) is 0 Å². The van der Waals surface area contributed by atoms with Crippen LogP contribution in [0.2, 0.25) is 0 Å². The predicted octanol–water partition coefficient (Wildman–Crippen LogP) is 3.22. The van der Waals surface area contributed by atoms with E-state index < -0.39 is 0 Å². The van der Waals surface area contributed by atoms with Gasteiger partial charge < -0.3 is 15.2 Å². The van der Waals surface area contributed by atoms with Crippen molar-refractivity contribution in [1.82, 2.24) is 0 Å². The third-order valence-corrected chi connectivity index (χ3v) is 3.32. The number of hydrogen-bond acceptors (Lipinski definition) is 3. The van der Waals surface area contributed by atoms with Gasteiger partial charge in [0, 0.05) is 0 Å². The van der Waals surface area contributed by atoms with Gasteiger partial charge in [0.05, 0.1) is 12.7 Å². The largest absolute Gasteiger partial charge is 0.493 e. The van der Waals surface area contributed by atoms with E-state index in [1.54, 1.807) is 7.11 Å². The minimum Gasteiger partial charge on any atom is -0.493 e. The van der Waals surface area contributed by atoms with Gasteiger partial charge >= 0.3 is 0 Å². The number of rotatable bonds is 5. The van der Waals surface area contributed by atoms with E-state index in [1.807, 2.05) is 36.4 Å². The van der Waals surface area contributed by atoms with Crippen LogP contribution in [-0.2, 0) is 6.61 Å². The molecule has 0 aliphatic heterocycles. The normalized spacial score (nSPS) is 10.1. The van der Waals surface area contributed by atoms with Crippen molar-refractivity contribution in [3.05, 3.63) is 59.2 Å². The van der Waals surface area contributed by atoms with Gasteiger partial charge in [0.15, 0.2) is 11.5 Å². The summed E-state index contributed by atoms with van der Waals surface area (Å²) in [6, 6.07) is 13.6. The molecule has 0 heterocycles. The first-order chi connectivity index (χ1) is 9.63. The van der Waals surface area contributed by atoms with Gasteiger partial charge in [-0.25, -0.2) is 0 Å². The summed E-state index contributed by atoms with van der Waals surface area (Å²) in [6.07, 6.45) is 0. The molecule has 2 rings (SSSR count). The highest BCUT2D eigenvalue weighted by Gasteiger charge is 2.13. The molecule has 0 aliphatic rings. The monoisotopic (exact) mass is 287 g/mol. The second kappa shape index (κ2) is 6.39. The van der Waals surface area contributed by atoms with E-state index >= 15 is 0 Å². The van der Waals surface area contributed by atoms with Crippen molar-refractivity contribution in [1.29, 1.82) is 0 Å². The first kappa shape index (κ1) is 14.3. The van der Waals surface area contributed by atoms with E-state index in [0.717, 1.165) is 5.56 Å². The maximum Gasteiger partial charge on any atom is 0.171 e. The van der Waals surface area contributed by atoms with Gasteiger partial charge in [-0.05, 0) is 30.2 Å². The first-order valence-corrected chi connectivity index (χ1v) is 6.68. The van der Waals surface area contributed by atoms with Crippen LogP contribution in [0.5, 0.6) is 11.5 Å². The molecule has 0 radical (unpaired) electrons. The van der Waals surface area contributed by atoms with Crippen LogP contribution in [-0.4, -0.2) is 12.1 Å². The lowest BCUT2D eigenvalue weighted by molar-refractivity contribution is 0.283. The van der Waals surface area contributed by atoms with Crippen molar-refractivity contribution in [2.45, 2.75) is 13.5 Å². The van der Waals surface area contributed by atoms with E-state index in [9.17, 15) is 0 Å². The van der Waals surface area contributed by atoms with Crippen molar-refractivity contribution < 1.29 is 9.47 Å². The zero-order chi connectivity index (χ0) is 14.5. The predicted molar refractivity (Wildman–Crippen MR) is 84.4 cm³/mol. The minimum atomic E-state index is 0.295. The minimum absolute atomic E-state index is 0.295. The van der Waals surface area contributed by atoms with Crippen LogP contribution in [0.4, 0.5) is 0 Å². The van der Waals surface area contributed by atoms with Crippen LogP contribution in [0, 0.1) is 6.92 Å². The molecule has 0 aromatic heterocycles. The highest BCUT2D eigenvalue weighted by atomic mass is 32.1. The van der Waals surface area contributed by atoms with Crippen LogP contribution in [0.25, 0.3) is 0 Å². The molecule has 3 nitrogen and oxygen atoms in total. The SMILES string of the molecule is COc1cccc(C(N)=S)c1OCc1ccccc1C. The summed E-state index contributed by atoms with van der Waals surface area (Å²) < 4.78 is 11.2. The molecule has 2 aromatic rings. The zero-order valence-corrected chi connectivity index (χ0v) is 12.4. The number of para-hydroxylation sites is 1. The number of methoxy groups -OCH3 is 1. The average molecular weight is 287 g/mol. The molecule has 2 N–H and O–H groups in total. The lowest BCUT2D eigenvalue weighted by Gasteiger charge is -2.15. The fraction of sp³-hybridized carbons (Fsp3) is 0.188. The van der Waals surface area contributed by atoms with E-state index in [1.165, 1.54) is 5.56 Å². The van der Waals surface area contributed by atoms with E-state index in [2.05, 4.69) is 13.0 Å². The smallest absolute Gasteiger partial charge is 0.171 e. The number of aryl methyl sites for hydroxylation is 1. The topological polar surface area (TPSA) is 44.5 Å². The lowest BCUT2D eigenvalue weighted by atomic mass is 10.1. The van der Waals surface area contributed by atoms with E-state index in [0.29, 0.717) is 28.7 Å². The third kappa shape index (κ3) is 3.08. The first-order valence-electron chi connectivity index (χ1n) is 6.27. The number of thiocarbonyl (C=S) groups is 1. The van der Waals surface area contributed by atoms with Gasteiger partial charge in [0.25, 0.3) is 0 Å². The second-order valence-electron chi connectivity index (χ2n) is 4.42. The fourth-order valence-electron chi connectivity index (χ4n) is 1.94. The summed E-state index contributed by atoms with van der Waals surface area (Å²) in [6.45, 7) is 2.50. The number of ether oxygens (including phenoxy) is 2. The Morgan fingerprint density at radius 2 is 1.90 bits per heavy atom. The van der Waals surface area contributed by atoms with Gasteiger partial charge in [0.1, 0.15) is 11.6 Å². The van der Waals surface area contributed by atoms with Crippen LogP contribution in [0.15, 0.2) is 42.5 Å². The lowest BCUT2D eigenvalue weighted by Crippen LogP contribution is -2.12. The maximum absolute atomic E-state index is 5.89. The Bertz CT molecular complexity index is 626. The van der Waals surface area contributed by atoms with Gasteiger partial charge in [-0.1, -0.05) is 42.5 Å². The summed E-state index contributed by atoms with van der Waals surface area (Å²) in [7, 11) is 1.60. The highest BCUT2D eigenvalue weighted by molar-refractivity contribution is 7.80. The third-order valence-electron chi connectivity index (χ3n) is 3.10. The van der Waals surface area contributed by atoms with Crippen molar-refractivity contribution in [3.63, 3.8) is 0 Å². The maximum atomic E-state index is 5.89. The zero-order valence-electron chi connectivity index (χ0n) is 11.6. The number of hydrogen-bond donors (Lipinski definition) is 1. The molecular weight excluding hydrogens is 270 g/mol. The Balaban J connectivity index is 2.29. The van der Waals surface area contributed by atoms with Crippen molar-refractivity contribution >= 4 is 17.2 Å². The van der Waals surface area contributed by atoms with Crippen molar-refractivity contribution in [2.75, 3.05) is 7.11 Å². The average Bonchev–Trinajstić information content (AvgIpc) is 2.46. The van der Waals surface area contributed by atoms with E-state index in [-0.39, 0.29) is 0 Å². The van der Waals surface area contributed by atoms with Gasteiger partial charge in [0.2, 0.25) is 0 Å². The van der Waals surface area contributed by atoms with Gasteiger partial charge in [-0.2, -0.15) is 0 Å². The molecule has 0 unspecified atom stereocenters. The molecule has 0 bridgehead atoms. The Morgan fingerprint density at radius 1 is 1.15 bits per heavy atom. The quantitative estimate of drug-likeness (QED) is 0.858. The van der Waals surface area contributed by atoms with E-state index in [4.69, 9.17) is 27.4 Å². The molecule has 104 valence electrons. The standard InChI is InChI=1S/C16H17NO2S/c1-11-6-3-4-7-12(11)10-19-15-13(16(17)20)8-5-9-14(15)18-2/h3-9H,10H2,1-2H3,(H2,17,20). The molecule has 4 heteroatoms. The van der Waals surface area contributed by atoms with Gasteiger partial charge in [-0.3, -0.25) is 0 Å².